The van der Waals surface area contributed by atoms with E-state index >= 15 is 0 Å². The average molecular weight is 397 g/mol. The molecule has 136 valence electrons. The highest BCUT2D eigenvalue weighted by atomic mass is 35.5. The van der Waals surface area contributed by atoms with E-state index in [2.05, 4.69) is 32.1 Å². The van der Waals surface area contributed by atoms with Gasteiger partial charge in [0.2, 0.25) is 0 Å². The van der Waals surface area contributed by atoms with Gasteiger partial charge >= 0.3 is 0 Å². The smallest absolute Gasteiger partial charge is 0.192 e. The number of hydrogen-bond acceptors (Lipinski definition) is 5. The van der Waals surface area contributed by atoms with E-state index in [4.69, 9.17) is 16.1 Å². The molecule has 0 bridgehead atoms. The van der Waals surface area contributed by atoms with Crippen molar-refractivity contribution in [3.05, 3.63) is 82.7 Å². The van der Waals surface area contributed by atoms with E-state index in [1.807, 2.05) is 55.5 Å². The van der Waals surface area contributed by atoms with E-state index in [1.165, 1.54) is 5.56 Å². The van der Waals surface area contributed by atoms with E-state index in [1.54, 1.807) is 11.8 Å². The second-order valence-corrected chi connectivity index (χ2v) is 7.43. The van der Waals surface area contributed by atoms with Crippen molar-refractivity contribution in [1.82, 2.24) is 19.9 Å². The third-order valence-corrected chi connectivity index (χ3v) is 5.35. The van der Waals surface area contributed by atoms with Gasteiger partial charge in [-0.15, -0.1) is 10.2 Å². The summed E-state index contributed by atoms with van der Waals surface area (Å²) in [4.78, 5) is 0. The largest absolute Gasteiger partial charge is 0.360 e. The molecule has 7 heteroatoms. The van der Waals surface area contributed by atoms with Crippen molar-refractivity contribution >= 4 is 23.4 Å². The summed E-state index contributed by atoms with van der Waals surface area (Å²) in [6.07, 6.45) is 0. The van der Waals surface area contributed by atoms with Gasteiger partial charge in [0.05, 0.1) is 23.0 Å². The topological polar surface area (TPSA) is 56.7 Å². The zero-order valence-corrected chi connectivity index (χ0v) is 16.2. The lowest BCUT2D eigenvalue weighted by Crippen LogP contribution is -2.04. The van der Waals surface area contributed by atoms with Gasteiger partial charge in [-0.1, -0.05) is 71.0 Å². The van der Waals surface area contributed by atoms with E-state index < -0.39 is 0 Å². The van der Waals surface area contributed by atoms with Gasteiger partial charge in [-0.25, -0.2) is 0 Å². The van der Waals surface area contributed by atoms with Crippen molar-refractivity contribution < 1.29 is 4.52 Å². The zero-order valence-electron chi connectivity index (χ0n) is 14.7. The molecular weight excluding hydrogens is 380 g/mol. The number of thioether (sulfide) groups is 1. The molecule has 0 unspecified atom stereocenters. The monoisotopic (exact) mass is 396 g/mol. The Balaban J connectivity index is 1.69. The van der Waals surface area contributed by atoms with Crippen LogP contribution in [0.15, 0.2) is 70.3 Å². The second kappa shape index (κ2) is 7.98. The molecule has 27 heavy (non-hydrogen) atoms. The van der Waals surface area contributed by atoms with Crippen molar-refractivity contribution in [2.75, 3.05) is 0 Å². The fourth-order valence-corrected chi connectivity index (χ4v) is 3.80. The van der Waals surface area contributed by atoms with Crippen LogP contribution in [0.25, 0.3) is 11.4 Å². The molecule has 0 saturated carbocycles. The lowest BCUT2D eigenvalue weighted by atomic mass is 10.2. The molecule has 0 fully saturated rings. The number of hydrogen-bond donors (Lipinski definition) is 0. The van der Waals surface area contributed by atoms with Crippen LogP contribution in [-0.4, -0.2) is 19.9 Å². The Morgan fingerprint density at radius 2 is 1.81 bits per heavy atom. The summed E-state index contributed by atoms with van der Waals surface area (Å²) in [7, 11) is 0. The highest BCUT2D eigenvalue weighted by Crippen LogP contribution is 2.31. The van der Waals surface area contributed by atoms with Gasteiger partial charge in [0, 0.05) is 11.6 Å². The summed E-state index contributed by atoms with van der Waals surface area (Å²) in [5, 5.41) is 14.2. The highest BCUT2D eigenvalue weighted by Gasteiger charge is 2.17. The van der Waals surface area contributed by atoms with Crippen molar-refractivity contribution in [2.24, 2.45) is 0 Å². The predicted octanol–water partition coefficient (Wildman–Crippen LogP) is 5.24. The predicted molar refractivity (Wildman–Crippen MR) is 107 cm³/mol. The summed E-state index contributed by atoms with van der Waals surface area (Å²) >= 11 is 7.97. The van der Waals surface area contributed by atoms with Crippen LogP contribution in [0.5, 0.6) is 0 Å². The zero-order chi connectivity index (χ0) is 18.6. The Bertz CT molecular complexity index is 1050. The maximum atomic E-state index is 6.41. The van der Waals surface area contributed by atoms with Crippen LogP contribution in [0.4, 0.5) is 0 Å². The number of halogens is 1. The number of rotatable bonds is 6. The number of aromatic nitrogens is 4. The molecule has 0 aliphatic rings. The molecule has 0 atom stereocenters. The van der Waals surface area contributed by atoms with Gasteiger partial charge in [0.25, 0.3) is 0 Å². The van der Waals surface area contributed by atoms with Gasteiger partial charge < -0.3 is 4.52 Å². The Morgan fingerprint density at radius 1 is 1.04 bits per heavy atom. The first kappa shape index (κ1) is 17.8. The van der Waals surface area contributed by atoms with Crippen molar-refractivity contribution in [3.8, 4) is 11.4 Å². The van der Waals surface area contributed by atoms with E-state index in [-0.39, 0.29) is 0 Å². The molecular formula is C20H17ClN4OS. The molecule has 0 spiro atoms. The molecule has 2 aromatic carbocycles. The van der Waals surface area contributed by atoms with Gasteiger partial charge in [-0.05, 0) is 24.6 Å². The Hall–Kier alpha value is -2.57. The summed E-state index contributed by atoms with van der Waals surface area (Å²) in [6.45, 7) is 2.57. The van der Waals surface area contributed by atoms with Gasteiger partial charge in [0.15, 0.2) is 11.0 Å². The molecule has 0 saturated heterocycles. The Morgan fingerprint density at radius 3 is 2.56 bits per heavy atom. The first-order valence-corrected chi connectivity index (χ1v) is 9.84. The van der Waals surface area contributed by atoms with Crippen LogP contribution in [0.2, 0.25) is 5.02 Å². The first-order valence-electron chi connectivity index (χ1n) is 8.48. The molecule has 4 aromatic rings. The molecule has 0 amide bonds. The van der Waals surface area contributed by atoms with Gasteiger partial charge in [0.1, 0.15) is 5.76 Å². The minimum Gasteiger partial charge on any atom is -0.360 e. The fraction of sp³-hybridized carbons (Fsp3) is 0.150. The molecule has 0 aliphatic heterocycles. The fourth-order valence-electron chi connectivity index (χ4n) is 2.77. The quantitative estimate of drug-likeness (QED) is 0.417. The normalized spacial score (nSPS) is 11.0. The maximum Gasteiger partial charge on any atom is 0.192 e. The van der Waals surface area contributed by atoms with Crippen molar-refractivity contribution in [2.45, 2.75) is 24.4 Å². The van der Waals surface area contributed by atoms with Crippen LogP contribution in [-0.2, 0) is 12.3 Å². The van der Waals surface area contributed by atoms with E-state index in [0.29, 0.717) is 17.3 Å². The summed E-state index contributed by atoms with van der Waals surface area (Å²) in [5.74, 6) is 2.20. The molecule has 5 nitrogen and oxygen atoms in total. The maximum absolute atomic E-state index is 6.41. The minimum absolute atomic E-state index is 0.635. The van der Waals surface area contributed by atoms with Crippen LogP contribution >= 0.6 is 23.4 Å². The number of nitrogens with zero attached hydrogens (tertiary/aromatic N) is 4. The summed E-state index contributed by atoms with van der Waals surface area (Å²) in [5.41, 5.74) is 2.90. The van der Waals surface area contributed by atoms with Crippen LogP contribution < -0.4 is 0 Å². The molecule has 2 aromatic heterocycles. The van der Waals surface area contributed by atoms with Crippen LogP contribution in [0.3, 0.4) is 0 Å². The lowest BCUT2D eigenvalue weighted by molar-refractivity contribution is 0.391. The number of benzene rings is 2. The molecule has 0 N–H and O–H groups in total. The van der Waals surface area contributed by atoms with Crippen LogP contribution in [0, 0.1) is 6.92 Å². The van der Waals surface area contributed by atoms with E-state index in [9.17, 15) is 0 Å². The summed E-state index contributed by atoms with van der Waals surface area (Å²) in [6, 6.07) is 19.8. The Kier molecular flexibility index (Phi) is 5.27. The third-order valence-electron chi connectivity index (χ3n) is 4.04. The Labute approximate surface area is 166 Å². The second-order valence-electron chi connectivity index (χ2n) is 6.08. The first-order chi connectivity index (χ1) is 13.2. The van der Waals surface area contributed by atoms with Crippen LogP contribution in [0.1, 0.15) is 17.0 Å². The van der Waals surface area contributed by atoms with E-state index in [0.717, 1.165) is 28.0 Å². The van der Waals surface area contributed by atoms with Crippen molar-refractivity contribution in [3.63, 3.8) is 0 Å². The van der Waals surface area contributed by atoms with Crippen molar-refractivity contribution in [1.29, 1.82) is 0 Å². The highest BCUT2D eigenvalue weighted by molar-refractivity contribution is 7.98. The molecule has 2 heterocycles. The minimum atomic E-state index is 0.635. The van der Waals surface area contributed by atoms with Gasteiger partial charge in [-0.3, -0.25) is 4.57 Å². The number of aryl methyl sites for hydroxylation is 1. The average Bonchev–Trinajstić information content (AvgIpc) is 3.27. The molecule has 4 rings (SSSR count). The van der Waals surface area contributed by atoms with Gasteiger partial charge in [-0.2, -0.15) is 0 Å². The third kappa shape index (κ3) is 4.07. The molecule has 0 aliphatic carbocycles. The standard InChI is InChI=1S/C20H17ClN4OS/c1-14-11-16(26-24-14)13-27-20-23-22-19(17-9-5-6-10-18(17)21)25(20)12-15-7-3-2-4-8-15/h2-11H,12-13H2,1H3. The SMILES string of the molecule is Cc1cc(CSc2nnc(-c3ccccc3Cl)n2Cc2ccccc2)on1. The lowest BCUT2D eigenvalue weighted by Gasteiger charge is -2.11. The molecule has 0 radical (unpaired) electrons. The summed E-state index contributed by atoms with van der Waals surface area (Å²) < 4.78 is 7.39.